The Kier molecular flexibility index (Phi) is 9.78. The smallest absolute Gasteiger partial charge is 0.151 e. The fraction of sp³-hybridized carbons (Fsp3) is 1.00. The Bertz CT molecular complexity index is 263. The number of rotatable bonds is 11. The summed E-state index contributed by atoms with van der Waals surface area (Å²) in [6, 6.07) is 0. The van der Waals surface area contributed by atoms with Crippen LogP contribution in [0.15, 0.2) is 0 Å². The van der Waals surface area contributed by atoms with Crippen molar-refractivity contribution in [1.82, 2.24) is 5.32 Å². The summed E-state index contributed by atoms with van der Waals surface area (Å²) in [7, 11) is -2.84. The highest BCUT2D eigenvalue weighted by atomic mass is 32.2. The molecule has 0 aliphatic carbocycles. The molecule has 1 N–H and O–H groups in total. The molecule has 0 aliphatic heterocycles. The molecule has 0 saturated carbocycles. The summed E-state index contributed by atoms with van der Waals surface area (Å²) < 4.78 is 28.2. The summed E-state index contributed by atoms with van der Waals surface area (Å²) in [6.07, 6.45) is 1.77. The van der Waals surface area contributed by atoms with E-state index < -0.39 is 9.84 Å². The van der Waals surface area contributed by atoms with Crippen LogP contribution in [0.3, 0.4) is 0 Å². The van der Waals surface area contributed by atoms with Crippen LogP contribution in [-0.2, 0) is 14.6 Å². The summed E-state index contributed by atoms with van der Waals surface area (Å²) in [4.78, 5) is 0. The first kappa shape index (κ1) is 16.9. The van der Waals surface area contributed by atoms with Crippen molar-refractivity contribution in [3.63, 3.8) is 0 Å². The van der Waals surface area contributed by atoms with Crippen molar-refractivity contribution < 1.29 is 13.2 Å². The molecule has 0 aromatic heterocycles. The Balaban J connectivity index is 3.29. The lowest BCUT2D eigenvalue weighted by Crippen LogP contribution is -2.27. The van der Waals surface area contributed by atoms with Crippen LogP contribution in [0, 0.1) is 5.92 Å². The molecular formula is C12H27NO3S. The van der Waals surface area contributed by atoms with E-state index in [9.17, 15) is 8.42 Å². The number of sulfone groups is 1. The lowest BCUT2D eigenvalue weighted by molar-refractivity contribution is 0.125. The SMILES string of the molecule is CCCS(=O)(=O)CCNCCOCCC(C)C. The van der Waals surface area contributed by atoms with Gasteiger partial charge in [-0.05, 0) is 18.8 Å². The van der Waals surface area contributed by atoms with E-state index in [2.05, 4.69) is 19.2 Å². The second-order valence-electron chi connectivity index (χ2n) is 4.70. The van der Waals surface area contributed by atoms with Gasteiger partial charge < -0.3 is 10.1 Å². The van der Waals surface area contributed by atoms with Gasteiger partial charge in [0, 0.05) is 25.4 Å². The van der Waals surface area contributed by atoms with E-state index in [1.54, 1.807) is 0 Å². The highest BCUT2D eigenvalue weighted by molar-refractivity contribution is 7.91. The fourth-order valence-electron chi connectivity index (χ4n) is 1.33. The summed E-state index contributed by atoms with van der Waals surface area (Å²) >= 11 is 0. The van der Waals surface area contributed by atoms with Crippen LogP contribution in [0.5, 0.6) is 0 Å². The van der Waals surface area contributed by atoms with Gasteiger partial charge in [0.05, 0.1) is 12.4 Å². The van der Waals surface area contributed by atoms with Gasteiger partial charge in [-0.15, -0.1) is 0 Å². The van der Waals surface area contributed by atoms with Gasteiger partial charge in [0.15, 0.2) is 9.84 Å². The Hall–Kier alpha value is -0.130. The fourth-order valence-corrected chi connectivity index (χ4v) is 2.61. The average Bonchev–Trinajstić information content (AvgIpc) is 2.21. The van der Waals surface area contributed by atoms with Crippen LogP contribution in [0.2, 0.25) is 0 Å². The maximum atomic E-state index is 11.4. The van der Waals surface area contributed by atoms with Gasteiger partial charge in [-0.1, -0.05) is 20.8 Å². The van der Waals surface area contributed by atoms with Crippen molar-refractivity contribution in [3.8, 4) is 0 Å². The van der Waals surface area contributed by atoms with Gasteiger partial charge >= 0.3 is 0 Å². The molecule has 4 nitrogen and oxygen atoms in total. The van der Waals surface area contributed by atoms with Crippen molar-refractivity contribution in [3.05, 3.63) is 0 Å². The third-order valence-electron chi connectivity index (χ3n) is 2.37. The second kappa shape index (κ2) is 9.85. The van der Waals surface area contributed by atoms with E-state index in [-0.39, 0.29) is 5.75 Å². The zero-order valence-corrected chi connectivity index (χ0v) is 12.2. The molecule has 0 aliphatic rings. The molecule has 0 heterocycles. The Morgan fingerprint density at radius 1 is 1.12 bits per heavy atom. The first-order valence-corrected chi connectivity index (χ1v) is 8.29. The van der Waals surface area contributed by atoms with Gasteiger partial charge in [-0.25, -0.2) is 8.42 Å². The third-order valence-corrected chi connectivity index (χ3v) is 4.22. The van der Waals surface area contributed by atoms with E-state index in [1.165, 1.54) is 0 Å². The normalized spacial score (nSPS) is 12.2. The van der Waals surface area contributed by atoms with Crippen LogP contribution < -0.4 is 5.32 Å². The predicted molar refractivity (Wildman–Crippen MR) is 72.1 cm³/mol. The van der Waals surface area contributed by atoms with E-state index in [4.69, 9.17) is 4.74 Å². The molecule has 0 aromatic carbocycles. The highest BCUT2D eigenvalue weighted by Gasteiger charge is 2.07. The zero-order chi connectivity index (χ0) is 13.1. The van der Waals surface area contributed by atoms with Gasteiger partial charge in [-0.2, -0.15) is 0 Å². The third kappa shape index (κ3) is 12.1. The quantitative estimate of drug-likeness (QED) is 0.575. The molecule has 0 saturated heterocycles. The molecule has 0 unspecified atom stereocenters. The standard InChI is InChI=1S/C12H27NO3S/c1-4-10-17(14,15)11-7-13-6-9-16-8-5-12(2)3/h12-13H,4-11H2,1-3H3. The van der Waals surface area contributed by atoms with E-state index in [1.807, 2.05) is 6.92 Å². The van der Waals surface area contributed by atoms with Crippen LogP contribution in [-0.4, -0.2) is 46.2 Å². The molecular weight excluding hydrogens is 238 g/mol. The molecule has 0 bridgehead atoms. The lowest BCUT2D eigenvalue weighted by Gasteiger charge is -2.07. The summed E-state index contributed by atoms with van der Waals surface area (Å²) in [5.41, 5.74) is 0. The van der Waals surface area contributed by atoms with Gasteiger partial charge in [0.1, 0.15) is 0 Å². The monoisotopic (exact) mass is 265 g/mol. The van der Waals surface area contributed by atoms with Crippen molar-refractivity contribution in [1.29, 1.82) is 0 Å². The molecule has 0 radical (unpaired) electrons. The number of hydrogen-bond donors (Lipinski definition) is 1. The Labute approximate surface area is 106 Å². The van der Waals surface area contributed by atoms with Crippen molar-refractivity contribution in [2.75, 3.05) is 37.8 Å². The van der Waals surface area contributed by atoms with Gasteiger partial charge in [0.25, 0.3) is 0 Å². The van der Waals surface area contributed by atoms with E-state index >= 15 is 0 Å². The average molecular weight is 265 g/mol. The molecule has 0 aromatic rings. The minimum atomic E-state index is -2.84. The van der Waals surface area contributed by atoms with Crippen molar-refractivity contribution in [2.45, 2.75) is 33.6 Å². The largest absolute Gasteiger partial charge is 0.380 e. The number of ether oxygens (including phenoxy) is 1. The number of nitrogens with one attached hydrogen (secondary N) is 1. The summed E-state index contributed by atoms with van der Waals surface area (Å²) in [5.74, 6) is 1.19. The molecule has 5 heteroatoms. The molecule has 0 atom stereocenters. The molecule has 0 spiro atoms. The predicted octanol–water partition coefficient (Wildman–Crippen LogP) is 1.46. The van der Waals surface area contributed by atoms with E-state index in [0.717, 1.165) is 19.6 Å². The molecule has 0 amide bonds. The molecule has 104 valence electrons. The topological polar surface area (TPSA) is 55.4 Å². The van der Waals surface area contributed by atoms with Crippen LogP contribution in [0.1, 0.15) is 33.6 Å². The minimum absolute atomic E-state index is 0.229. The highest BCUT2D eigenvalue weighted by Crippen LogP contribution is 1.98. The van der Waals surface area contributed by atoms with Crippen LogP contribution in [0.25, 0.3) is 0 Å². The maximum absolute atomic E-state index is 11.4. The maximum Gasteiger partial charge on any atom is 0.151 e. The van der Waals surface area contributed by atoms with Crippen molar-refractivity contribution in [2.24, 2.45) is 5.92 Å². The molecule has 17 heavy (non-hydrogen) atoms. The Morgan fingerprint density at radius 2 is 1.82 bits per heavy atom. The van der Waals surface area contributed by atoms with E-state index in [0.29, 0.717) is 31.2 Å². The summed E-state index contributed by atoms with van der Waals surface area (Å²) in [6.45, 7) is 8.90. The first-order chi connectivity index (χ1) is 7.98. The lowest BCUT2D eigenvalue weighted by atomic mass is 10.1. The zero-order valence-electron chi connectivity index (χ0n) is 11.4. The molecule has 0 rings (SSSR count). The molecule has 0 fully saturated rings. The Morgan fingerprint density at radius 3 is 2.41 bits per heavy atom. The van der Waals surface area contributed by atoms with Crippen molar-refractivity contribution >= 4 is 9.84 Å². The second-order valence-corrected chi connectivity index (χ2v) is 7.00. The minimum Gasteiger partial charge on any atom is -0.380 e. The van der Waals surface area contributed by atoms with Crippen LogP contribution >= 0.6 is 0 Å². The first-order valence-electron chi connectivity index (χ1n) is 6.47. The number of hydrogen-bond acceptors (Lipinski definition) is 4. The van der Waals surface area contributed by atoms with Crippen LogP contribution in [0.4, 0.5) is 0 Å². The van der Waals surface area contributed by atoms with Gasteiger partial charge in [0.2, 0.25) is 0 Å². The van der Waals surface area contributed by atoms with Gasteiger partial charge in [-0.3, -0.25) is 0 Å². The summed E-state index contributed by atoms with van der Waals surface area (Å²) in [5, 5.41) is 3.08.